The summed E-state index contributed by atoms with van der Waals surface area (Å²) in [5.74, 6) is -0.0842. The molecule has 4 heteroatoms. The molecule has 0 aromatic heterocycles. The van der Waals surface area contributed by atoms with Gasteiger partial charge in [0.15, 0.2) is 0 Å². The van der Waals surface area contributed by atoms with Crippen LogP contribution in [-0.4, -0.2) is 18.5 Å². The van der Waals surface area contributed by atoms with E-state index < -0.39 is 6.04 Å². The first-order chi connectivity index (χ1) is 11.6. The van der Waals surface area contributed by atoms with Gasteiger partial charge in [-0.25, -0.2) is 0 Å². The predicted octanol–water partition coefficient (Wildman–Crippen LogP) is 3.45. The molecule has 1 saturated carbocycles. The topological polar surface area (TPSA) is 55.1 Å². The molecule has 1 aliphatic rings. The van der Waals surface area contributed by atoms with Crippen LogP contribution in [0.1, 0.15) is 30.4 Å². The number of amides is 1. The Kier molecular flexibility index (Phi) is 5.22. The second-order valence-electron chi connectivity index (χ2n) is 6.65. The van der Waals surface area contributed by atoms with Crippen LogP contribution in [0.15, 0.2) is 54.6 Å². The van der Waals surface area contributed by atoms with Gasteiger partial charge in [-0.05, 0) is 42.5 Å². The Morgan fingerprint density at radius 3 is 2.38 bits per heavy atom. The van der Waals surface area contributed by atoms with Crippen LogP contribution in [0.5, 0.6) is 0 Å². The number of rotatable bonds is 6. The van der Waals surface area contributed by atoms with Crippen molar-refractivity contribution in [2.45, 2.75) is 37.1 Å². The third-order valence-corrected chi connectivity index (χ3v) is 5.26. The van der Waals surface area contributed by atoms with Crippen LogP contribution in [0.2, 0.25) is 5.02 Å². The molecule has 2 aromatic carbocycles. The van der Waals surface area contributed by atoms with E-state index in [-0.39, 0.29) is 11.3 Å². The third kappa shape index (κ3) is 3.80. The van der Waals surface area contributed by atoms with Crippen molar-refractivity contribution in [2.75, 3.05) is 6.54 Å². The summed E-state index contributed by atoms with van der Waals surface area (Å²) in [4.78, 5) is 12.4. The molecule has 0 unspecified atom stereocenters. The van der Waals surface area contributed by atoms with Crippen molar-refractivity contribution in [2.24, 2.45) is 5.73 Å². The van der Waals surface area contributed by atoms with E-state index in [9.17, 15) is 4.79 Å². The van der Waals surface area contributed by atoms with Crippen LogP contribution in [0.25, 0.3) is 0 Å². The number of hydrogen-bond acceptors (Lipinski definition) is 2. The molecular weight excluding hydrogens is 320 g/mol. The summed E-state index contributed by atoms with van der Waals surface area (Å²) in [5, 5.41) is 3.80. The van der Waals surface area contributed by atoms with E-state index in [1.54, 1.807) is 0 Å². The first kappa shape index (κ1) is 17.0. The Morgan fingerprint density at radius 2 is 1.79 bits per heavy atom. The van der Waals surface area contributed by atoms with Crippen molar-refractivity contribution in [1.82, 2.24) is 5.32 Å². The van der Waals surface area contributed by atoms with E-state index in [4.69, 9.17) is 17.3 Å². The van der Waals surface area contributed by atoms with Crippen molar-refractivity contribution >= 4 is 17.5 Å². The largest absolute Gasteiger partial charge is 0.354 e. The summed E-state index contributed by atoms with van der Waals surface area (Å²) in [5.41, 5.74) is 8.43. The molecule has 2 aromatic rings. The number of carbonyl (C=O) groups excluding carboxylic acids is 1. The quantitative estimate of drug-likeness (QED) is 0.844. The zero-order valence-corrected chi connectivity index (χ0v) is 14.4. The summed E-state index contributed by atoms with van der Waals surface area (Å²) >= 11 is 5.98. The fourth-order valence-corrected chi connectivity index (χ4v) is 3.45. The highest BCUT2D eigenvalue weighted by Gasteiger charge is 2.39. The summed E-state index contributed by atoms with van der Waals surface area (Å²) in [6.07, 6.45) is 3.92. The molecule has 0 aliphatic heterocycles. The van der Waals surface area contributed by atoms with Crippen LogP contribution in [-0.2, 0) is 16.6 Å². The highest BCUT2D eigenvalue weighted by Crippen LogP contribution is 2.43. The lowest BCUT2D eigenvalue weighted by Crippen LogP contribution is -2.50. The van der Waals surface area contributed by atoms with Crippen LogP contribution >= 0.6 is 11.6 Å². The molecule has 3 N–H and O–H groups in total. The number of carbonyl (C=O) groups is 1. The SMILES string of the molecule is N[C@@H](Cc1ccccc1)C(=O)NCC1(c2ccc(Cl)cc2)CCC1. The van der Waals surface area contributed by atoms with Crippen LogP contribution < -0.4 is 11.1 Å². The van der Waals surface area contributed by atoms with Gasteiger partial charge in [0.05, 0.1) is 6.04 Å². The summed E-state index contributed by atoms with van der Waals surface area (Å²) in [6.45, 7) is 0.635. The Hall–Kier alpha value is -1.84. The minimum atomic E-state index is -0.519. The van der Waals surface area contributed by atoms with Gasteiger partial charge in [-0.1, -0.05) is 60.5 Å². The number of hydrogen-bond donors (Lipinski definition) is 2. The smallest absolute Gasteiger partial charge is 0.237 e. The third-order valence-electron chi connectivity index (χ3n) is 5.00. The van der Waals surface area contributed by atoms with E-state index in [0.717, 1.165) is 23.4 Å². The average molecular weight is 343 g/mol. The van der Waals surface area contributed by atoms with Crippen LogP contribution in [0.4, 0.5) is 0 Å². The van der Waals surface area contributed by atoms with Crippen molar-refractivity contribution in [3.63, 3.8) is 0 Å². The molecule has 3 rings (SSSR count). The van der Waals surface area contributed by atoms with Crippen LogP contribution in [0, 0.1) is 0 Å². The molecule has 1 aliphatic carbocycles. The molecular formula is C20H23ClN2O. The highest BCUT2D eigenvalue weighted by molar-refractivity contribution is 6.30. The van der Waals surface area contributed by atoms with Gasteiger partial charge in [0.1, 0.15) is 0 Å². The van der Waals surface area contributed by atoms with E-state index in [1.165, 1.54) is 12.0 Å². The summed E-state index contributed by atoms with van der Waals surface area (Å²) in [7, 11) is 0. The maximum atomic E-state index is 12.4. The second-order valence-corrected chi connectivity index (χ2v) is 7.09. The molecule has 126 valence electrons. The molecule has 24 heavy (non-hydrogen) atoms. The van der Waals surface area contributed by atoms with Crippen molar-refractivity contribution in [1.29, 1.82) is 0 Å². The Morgan fingerprint density at radius 1 is 1.12 bits per heavy atom. The van der Waals surface area contributed by atoms with Gasteiger partial charge in [-0.3, -0.25) is 4.79 Å². The molecule has 1 atom stereocenters. The molecule has 1 amide bonds. The normalized spacial score (nSPS) is 16.9. The average Bonchev–Trinajstić information content (AvgIpc) is 2.56. The maximum Gasteiger partial charge on any atom is 0.237 e. The number of nitrogens with one attached hydrogen (secondary N) is 1. The van der Waals surface area contributed by atoms with E-state index in [2.05, 4.69) is 17.4 Å². The molecule has 1 fully saturated rings. The summed E-state index contributed by atoms with van der Waals surface area (Å²) < 4.78 is 0. The van der Waals surface area contributed by atoms with Crippen molar-refractivity contribution in [3.05, 3.63) is 70.7 Å². The van der Waals surface area contributed by atoms with E-state index >= 15 is 0 Å². The maximum absolute atomic E-state index is 12.4. The predicted molar refractivity (Wildman–Crippen MR) is 98.1 cm³/mol. The Balaban J connectivity index is 1.59. The number of halogens is 1. The fourth-order valence-electron chi connectivity index (χ4n) is 3.32. The lowest BCUT2D eigenvalue weighted by molar-refractivity contribution is -0.122. The van der Waals surface area contributed by atoms with Crippen molar-refractivity contribution < 1.29 is 4.79 Å². The van der Waals surface area contributed by atoms with Gasteiger partial charge < -0.3 is 11.1 Å². The molecule has 0 heterocycles. The molecule has 3 nitrogen and oxygen atoms in total. The molecule has 0 bridgehead atoms. The zero-order chi connectivity index (χ0) is 17.0. The summed E-state index contributed by atoms with van der Waals surface area (Å²) in [6, 6.07) is 17.3. The first-order valence-corrected chi connectivity index (χ1v) is 8.80. The zero-order valence-electron chi connectivity index (χ0n) is 13.7. The van der Waals surface area contributed by atoms with Crippen LogP contribution in [0.3, 0.4) is 0 Å². The fraction of sp³-hybridized carbons (Fsp3) is 0.350. The van der Waals surface area contributed by atoms with Gasteiger partial charge in [-0.2, -0.15) is 0 Å². The van der Waals surface area contributed by atoms with Gasteiger partial charge in [0, 0.05) is 17.0 Å². The lowest BCUT2D eigenvalue weighted by atomic mass is 9.64. The number of nitrogens with two attached hydrogens (primary N) is 1. The molecule has 0 spiro atoms. The van der Waals surface area contributed by atoms with E-state index in [0.29, 0.717) is 13.0 Å². The van der Waals surface area contributed by atoms with Gasteiger partial charge >= 0.3 is 0 Å². The van der Waals surface area contributed by atoms with E-state index in [1.807, 2.05) is 42.5 Å². The first-order valence-electron chi connectivity index (χ1n) is 8.42. The monoisotopic (exact) mass is 342 g/mol. The standard InChI is InChI=1S/C20H23ClN2O/c21-17-9-7-16(8-10-17)20(11-4-12-20)14-23-19(24)18(22)13-15-5-2-1-3-6-15/h1-3,5-10,18H,4,11-14,22H2,(H,23,24)/t18-/m0/s1. The van der Waals surface area contributed by atoms with Gasteiger partial charge in [-0.15, -0.1) is 0 Å². The second kappa shape index (κ2) is 7.37. The Labute approximate surface area is 148 Å². The highest BCUT2D eigenvalue weighted by atomic mass is 35.5. The molecule has 0 saturated heterocycles. The Bertz CT molecular complexity index is 681. The van der Waals surface area contributed by atoms with Gasteiger partial charge in [0.2, 0.25) is 5.91 Å². The molecule has 0 radical (unpaired) electrons. The van der Waals surface area contributed by atoms with Crippen molar-refractivity contribution in [3.8, 4) is 0 Å². The van der Waals surface area contributed by atoms with Gasteiger partial charge in [0.25, 0.3) is 0 Å². The minimum absolute atomic E-state index is 0.0344. The lowest BCUT2D eigenvalue weighted by Gasteiger charge is -2.42. The number of benzene rings is 2. The minimum Gasteiger partial charge on any atom is -0.354 e.